The second-order valence-corrected chi connectivity index (χ2v) is 8.98. The van der Waals surface area contributed by atoms with Gasteiger partial charge in [-0.25, -0.2) is 0 Å². The highest BCUT2D eigenvalue weighted by molar-refractivity contribution is 6.30. The molecule has 2 aromatic rings. The molecule has 1 aromatic heterocycles. The van der Waals surface area contributed by atoms with Crippen LogP contribution in [0.3, 0.4) is 0 Å². The smallest absolute Gasteiger partial charge is 0.255 e. The van der Waals surface area contributed by atoms with E-state index in [0.29, 0.717) is 49.2 Å². The van der Waals surface area contributed by atoms with Crippen molar-refractivity contribution in [1.82, 2.24) is 14.4 Å². The third-order valence-electron chi connectivity index (χ3n) is 6.00. The fraction of sp³-hybridized carbons (Fsp3) is 0.458. The van der Waals surface area contributed by atoms with Crippen LogP contribution in [-0.4, -0.2) is 84.4 Å². The molecule has 0 N–H and O–H groups in total. The average molecular weight is 490 g/mol. The summed E-state index contributed by atoms with van der Waals surface area (Å²) < 4.78 is 18.9. The van der Waals surface area contributed by atoms with Crippen LogP contribution >= 0.6 is 11.6 Å². The summed E-state index contributed by atoms with van der Waals surface area (Å²) in [6.45, 7) is 2.90. The molecule has 1 aromatic carbocycles. The first-order valence-corrected chi connectivity index (χ1v) is 11.6. The third kappa shape index (κ3) is 5.78. The van der Waals surface area contributed by atoms with Gasteiger partial charge in [-0.15, -0.1) is 0 Å². The molecule has 0 aliphatic carbocycles. The van der Waals surface area contributed by atoms with Gasteiger partial charge in [-0.2, -0.15) is 0 Å². The summed E-state index contributed by atoms with van der Waals surface area (Å²) in [6.07, 6.45) is 1.58. The molecule has 0 saturated carbocycles. The van der Waals surface area contributed by atoms with Crippen molar-refractivity contribution in [2.24, 2.45) is 7.05 Å². The molecule has 3 heterocycles. The van der Waals surface area contributed by atoms with E-state index in [1.807, 2.05) is 0 Å². The molecular weight excluding hydrogens is 462 g/mol. The van der Waals surface area contributed by atoms with Gasteiger partial charge in [-0.3, -0.25) is 14.4 Å². The Hall–Kier alpha value is -2.88. The molecular formula is C24H28ClN3O6. The van der Waals surface area contributed by atoms with E-state index in [2.05, 4.69) is 0 Å². The van der Waals surface area contributed by atoms with E-state index in [9.17, 15) is 14.4 Å². The fourth-order valence-electron chi connectivity index (χ4n) is 4.14. The standard InChI is InChI=1S/C24H28ClN3O6/c1-26-15-18(5-6-21(26)29)23(31)28-9-12-34-24(16-28,14-22(30)27-7-10-32-11-8-27)17-33-20-4-2-3-19(25)13-20/h2-6,13,15H,7-12,14,16-17H2,1H3. The lowest BCUT2D eigenvalue weighted by Crippen LogP contribution is -2.58. The number of hydrogen-bond donors (Lipinski definition) is 0. The van der Waals surface area contributed by atoms with Crippen LogP contribution in [-0.2, 0) is 21.3 Å². The quantitative estimate of drug-likeness (QED) is 0.612. The molecule has 182 valence electrons. The SMILES string of the molecule is Cn1cc(C(=O)N2CCOC(COc3cccc(Cl)c3)(CC(=O)N3CCOCC3)C2)ccc1=O. The van der Waals surface area contributed by atoms with E-state index in [1.54, 1.807) is 41.1 Å². The van der Waals surface area contributed by atoms with E-state index in [0.717, 1.165) is 0 Å². The van der Waals surface area contributed by atoms with Crippen LogP contribution in [0, 0.1) is 0 Å². The number of nitrogens with zero attached hydrogens (tertiary/aromatic N) is 3. The number of carbonyl (C=O) groups is 2. The van der Waals surface area contributed by atoms with Crippen molar-refractivity contribution in [1.29, 1.82) is 0 Å². The molecule has 9 nitrogen and oxygen atoms in total. The van der Waals surface area contributed by atoms with Crippen molar-refractivity contribution in [3.05, 3.63) is 63.5 Å². The summed E-state index contributed by atoms with van der Waals surface area (Å²) in [5.74, 6) is 0.245. The minimum absolute atomic E-state index is 0.0601. The highest BCUT2D eigenvalue weighted by Gasteiger charge is 2.42. The van der Waals surface area contributed by atoms with Crippen LogP contribution in [0.1, 0.15) is 16.8 Å². The second-order valence-electron chi connectivity index (χ2n) is 8.54. The zero-order valence-corrected chi connectivity index (χ0v) is 19.8. The van der Waals surface area contributed by atoms with Crippen molar-refractivity contribution in [3.8, 4) is 5.75 Å². The minimum Gasteiger partial charge on any atom is -0.490 e. The van der Waals surface area contributed by atoms with Crippen LogP contribution in [0.15, 0.2) is 47.4 Å². The second kappa shape index (κ2) is 10.6. The van der Waals surface area contributed by atoms with E-state index in [-0.39, 0.29) is 43.6 Å². The van der Waals surface area contributed by atoms with Crippen LogP contribution < -0.4 is 10.3 Å². The maximum Gasteiger partial charge on any atom is 0.255 e. The molecule has 0 spiro atoms. The van der Waals surface area contributed by atoms with Gasteiger partial charge in [0, 0.05) is 44.0 Å². The number of benzene rings is 1. The third-order valence-corrected chi connectivity index (χ3v) is 6.24. The van der Waals surface area contributed by atoms with Crippen molar-refractivity contribution in [2.45, 2.75) is 12.0 Å². The van der Waals surface area contributed by atoms with Crippen molar-refractivity contribution < 1.29 is 23.8 Å². The molecule has 2 saturated heterocycles. The van der Waals surface area contributed by atoms with Crippen LogP contribution in [0.25, 0.3) is 0 Å². The maximum absolute atomic E-state index is 13.2. The Bertz CT molecular complexity index is 1100. The van der Waals surface area contributed by atoms with Crippen molar-refractivity contribution in [3.63, 3.8) is 0 Å². The molecule has 1 atom stereocenters. The molecule has 2 aliphatic rings. The topological polar surface area (TPSA) is 90.3 Å². The molecule has 0 radical (unpaired) electrons. The Balaban J connectivity index is 1.55. The predicted octanol–water partition coefficient (Wildman–Crippen LogP) is 1.58. The maximum atomic E-state index is 13.2. The summed E-state index contributed by atoms with van der Waals surface area (Å²) >= 11 is 6.08. The molecule has 4 rings (SSSR count). The number of morpholine rings is 2. The summed E-state index contributed by atoms with van der Waals surface area (Å²) in [7, 11) is 1.60. The normalized spacial score (nSPS) is 20.8. The Kier molecular flexibility index (Phi) is 7.55. The van der Waals surface area contributed by atoms with E-state index >= 15 is 0 Å². The van der Waals surface area contributed by atoms with Gasteiger partial charge in [0.2, 0.25) is 11.5 Å². The van der Waals surface area contributed by atoms with Crippen molar-refractivity contribution >= 4 is 23.4 Å². The van der Waals surface area contributed by atoms with Gasteiger partial charge >= 0.3 is 0 Å². The van der Waals surface area contributed by atoms with Gasteiger partial charge in [-0.1, -0.05) is 17.7 Å². The lowest BCUT2D eigenvalue weighted by molar-refractivity contribution is -0.155. The Morgan fingerprint density at radius 3 is 2.59 bits per heavy atom. The van der Waals surface area contributed by atoms with Crippen molar-refractivity contribution in [2.75, 3.05) is 52.6 Å². The molecule has 1 unspecified atom stereocenters. The number of ether oxygens (including phenoxy) is 3. The first-order chi connectivity index (χ1) is 16.3. The first kappa shape index (κ1) is 24.3. The fourth-order valence-corrected chi connectivity index (χ4v) is 4.32. The Labute approximate surface area is 202 Å². The zero-order chi connectivity index (χ0) is 24.1. The number of pyridine rings is 1. The van der Waals surface area contributed by atoms with E-state index < -0.39 is 5.60 Å². The molecule has 10 heteroatoms. The largest absolute Gasteiger partial charge is 0.490 e. The number of carbonyl (C=O) groups excluding carboxylic acids is 2. The summed E-state index contributed by atoms with van der Waals surface area (Å²) in [4.78, 5) is 41.5. The summed E-state index contributed by atoms with van der Waals surface area (Å²) in [6, 6.07) is 9.88. The first-order valence-electron chi connectivity index (χ1n) is 11.2. The number of aromatic nitrogens is 1. The summed E-state index contributed by atoms with van der Waals surface area (Å²) in [5.41, 5.74) is -0.834. The van der Waals surface area contributed by atoms with Crippen LogP contribution in [0.5, 0.6) is 5.75 Å². The Morgan fingerprint density at radius 2 is 1.85 bits per heavy atom. The highest BCUT2D eigenvalue weighted by atomic mass is 35.5. The molecule has 2 fully saturated rings. The number of amides is 2. The number of hydrogen-bond acceptors (Lipinski definition) is 6. The zero-order valence-electron chi connectivity index (χ0n) is 19.1. The van der Waals surface area contributed by atoms with Crippen LogP contribution in [0.2, 0.25) is 5.02 Å². The van der Waals surface area contributed by atoms with E-state index in [4.69, 9.17) is 25.8 Å². The average Bonchev–Trinajstić information content (AvgIpc) is 2.85. The van der Waals surface area contributed by atoms with Crippen LogP contribution in [0.4, 0.5) is 0 Å². The molecule has 0 bridgehead atoms. The number of aryl methyl sites for hydroxylation is 1. The van der Waals surface area contributed by atoms with Gasteiger partial charge in [0.05, 0.1) is 38.3 Å². The summed E-state index contributed by atoms with van der Waals surface area (Å²) in [5, 5.41) is 0.534. The monoisotopic (exact) mass is 489 g/mol. The van der Waals surface area contributed by atoms with Gasteiger partial charge < -0.3 is 28.6 Å². The molecule has 2 amide bonds. The highest BCUT2D eigenvalue weighted by Crippen LogP contribution is 2.27. The lowest BCUT2D eigenvalue weighted by atomic mass is 9.96. The predicted molar refractivity (Wildman–Crippen MR) is 125 cm³/mol. The number of rotatable bonds is 6. The van der Waals surface area contributed by atoms with Gasteiger partial charge in [-0.05, 0) is 24.3 Å². The molecule has 2 aliphatic heterocycles. The Morgan fingerprint density at radius 1 is 1.09 bits per heavy atom. The van der Waals surface area contributed by atoms with E-state index in [1.165, 1.54) is 22.9 Å². The van der Waals surface area contributed by atoms with Gasteiger partial charge in [0.1, 0.15) is 18.0 Å². The molecule has 34 heavy (non-hydrogen) atoms. The lowest BCUT2D eigenvalue weighted by Gasteiger charge is -2.43. The van der Waals surface area contributed by atoms with Gasteiger partial charge in [0.15, 0.2) is 0 Å². The van der Waals surface area contributed by atoms with Gasteiger partial charge in [0.25, 0.3) is 5.91 Å². The number of halogens is 1. The minimum atomic E-state index is -1.04.